The Bertz CT molecular complexity index is 1370. The van der Waals surface area contributed by atoms with Gasteiger partial charge in [0, 0.05) is 23.8 Å². The van der Waals surface area contributed by atoms with Crippen molar-refractivity contribution < 1.29 is 8.42 Å². The molecule has 0 saturated heterocycles. The average molecular weight is 469 g/mol. The van der Waals surface area contributed by atoms with Crippen molar-refractivity contribution >= 4 is 60.4 Å². The van der Waals surface area contributed by atoms with Crippen LogP contribution < -0.4 is 0 Å². The Morgan fingerprint density at radius 2 is 2.03 bits per heavy atom. The molecule has 1 aliphatic carbocycles. The lowest BCUT2D eigenvalue weighted by Gasteiger charge is -2.30. The Kier molecular flexibility index (Phi) is 4.49. The summed E-state index contributed by atoms with van der Waals surface area (Å²) in [6.07, 6.45) is 6.13. The van der Waals surface area contributed by atoms with Gasteiger partial charge < -0.3 is 4.90 Å². The smallest absolute Gasteiger partial charge is 0.287 e. The molecule has 1 aliphatic rings. The molecule has 152 valence electrons. The number of aryl methyl sites for hydroxylation is 1. The van der Waals surface area contributed by atoms with Crippen molar-refractivity contribution in [3.63, 3.8) is 0 Å². The minimum Gasteiger partial charge on any atom is -0.306 e. The van der Waals surface area contributed by atoms with Gasteiger partial charge in [-0.1, -0.05) is 40.6 Å². The Balaban J connectivity index is 1.70. The van der Waals surface area contributed by atoms with Crippen molar-refractivity contribution in [3.05, 3.63) is 51.2 Å². The van der Waals surface area contributed by atoms with Crippen LogP contribution in [0.4, 0.5) is 0 Å². The highest BCUT2D eigenvalue weighted by Crippen LogP contribution is 2.35. The standard InChI is InChI=1S/C19H18Cl2N4O2S2/c1-23(2)12-5-3-11-4-6-15-13(14(11)9-12)7-8-25(15)29(26,27)18-17(21)22-19-24(18)10-16(20)28-19/h4,6-8,10,12H,3,5,9H2,1-2H3. The Morgan fingerprint density at radius 3 is 2.79 bits per heavy atom. The van der Waals surface area contributed by atoms with E-state index in [1.54, 1.807) is 6.20 Å². The van der Waals surface area contributed by atoms with E-state index in [0.29, 0.717) is 20.9 Å². The van der Waals surface area contributed by atoms with Gasteiger partial charge in [0.15, 0.2) is 10.1 Å². The normalized spacial score (nSPS) is 17.5. The number of hydrogen-bond donors (Lipinski definition) is 0. The number of benzene rings is 1. The summed E-state index contributed by atoms with van der Waals surface area (Å²) < 4.78 is 30.2. The Labute approximate surface area is 182 Å². The summed E-state index contributed by atoms with van der Waals surface area (Å²) in [6, 6.07) is 6.26. The third-order valence-corrected chi connectivity index (χ3v) is 8.87. The van der Waals surface area contributed by atoms with Gasteiger partial charge in [0.1, 0.15) is 4.34 Å². The highest BCUT2D eigenvalue weighted by atomic mass is 35.5. The van der Waals surface area contributed by atoms with Crippen molar-refractivity contribution in [1.29, 1.82) is 0 Å². The molecule has 0 spiro atoms. The zero-order valence-corrected chi connectivity index (χ0v) is 18.9. The lowest BCUT2D eigenvalue weighted by Crippen LogP contribution is -2.33. The van der Waals surface area contributed by atoms with E-state index >= 15 is 0 Å². The largest absolute Gasteiger partial charge is 0.306 e. The average Bonchev–Trinajstić information content (AvgIpc) is 3.32. The molecule has 10 heteroatoms. The number of thiazole rings is 1. The van der Waals surface area contributed by atoms with E-state index in [1.807, 2.05) is 18.2 Å². The molecule has 0 amide bonds. The maximum Gasteiger partial charge on any atom is 0.287 e. The summed E-state index contributed by atoms with van der Waals surface area (Å²) in [5, 5.41) is 0.844. The first-order chi connectivity index (χ1) is 13.8. The molecule has 29 heavy (non-hydrogen) atoms. The van der Waals surface area contributed by atoms with Gasteiger partial charge in [0.05, 0.1) is 5.52 Å². The van der Waals surface area contributed by atoms with Crippen LogP contribution in [0.5, 0.6) is 0 Å². The van der Waals surface area contributed by atoms with E-state index in [1.165, 1.54) is 37.0 Å². The number of hydrogen-bond acceptors (Lipinski definition) is 5. The van der Waals surface area contributed by atoms with Crippen LogP contribution in [-0.2, 0) is 22.9 Å². The first kappa shape index (κ1) is 19.4. The lowest BCUT2D eigenvalue weighted by molar-refractivity contribution is 0.269. The molecule has 3 aromatic heterocycles. The fraction of sp³-hybridized carbons (Fsp3) is 0.316. The third-order valence-electron chi connectivity index (χ3n) is 5.68. The highest BCUT2D eigenvalue weighted by molar-refractivity contribution is 7.90. The number of nitrogens with zero attached hydrogens (tertiary/aromatic N) is 4. The summed E-state index contributed by atoms with van der Waals surface area (Å²) in [7, 11) is 0.219. The molecule has 1 aromatic carbocycles. The fourth-order valence-electron chi connectivity index (χ4n) is 4.18. The molecule has 0 saturated carbocycles. The van der Waals surface area contributed by atoms with Crippen LogP contribution >= 0.6 is 34.5 Å². The molecule has 1 atom stereocenters. The van der Waals surface area contributed by atoms with E-state index in [9.17, 15) is 8.42 Å². The predicted octanol–water partition coefficient (Wildman–Crippen LogP) is 4.31. The predicted molar refractivity (Wildman–Crippen MR) is 117 cm³/mol. The summed E-state index contributed by atoms with van der Waals surface area (Å²) in [4.78, 5) is 6.83. The van der Waals surface area contributed by atoms with Crippen molar-refractivity contribution in [3.8, 4) is 0 Å². The number of halogens is 2. The molecule has 0 bridgehead atoms. The number of likely N-dealkylation sites (N-methyl/N-ethyl adjacent to an activating group) is 1. The summed E-state index contributed by atoms with van der Waals surface area (Å²) in [6.45, 7) is 0. The monoisotopic (exact) mass is 468 g/mol. The minimum absolute atomic E-state index is 0.0552. The molecule has 3 heterocycles. The van der Waals surface area contributed by atoms with Gasteiger partial charge in [-0.15, -0.1) is 0 Å². The van der Waals surface area contributed by atoms with Gasteiger partial charge in [0.2, 0.25) is 5.03 Å². The van der Waals surface area contributed by atoms with Gasteiger partial charge >= 0.3 is 0 Å². The topological polar surface area (TPSA) is 59.6 Å². The zero-order valence-electron chi connectivity index (χ0n) is 15.8. The minimum atomic E-state index is -3.96. The number of aromatic nitrogens is 3. The molecule has 5 rings (SSSR count). The molecule has 0 radical (unpaired) electrons. The highest BCUT2D eigenvalue weighted by Gasteiger charge is 2.30. The summed E-state index contributed by atoms with van der Waals surface area (Å²) in [5.41, 5.74) is 3.17. The van der Waals surface area contributed by atoms with Crippen LogP contribution in [-0.4, -0.2) is 46.8 Å². The quantitative estimate of drug-likeness (QED) is 0.449. The molecule has 0 N–H and O–H groups in total. The maximum atomic E-state index is 13.5. The van der Waals surface area contributed by atoms with E-state index in [4.69, 9.17) is 23.2 Å². The SMILES string of the molecule is CN(C)C1CCc2ccc3c(ccn3S(=O)(=O)c3c(Cl)nc4sc(Cl)cn34)c2C1. The molecular formula is C19H18Cl2N4O2S2. The van der Waals surface area contributed by atoms with Crippen LogP contribution in [0.25, 0.3) is 15.9 Å². The lowest BCUT2D eigenvalue weighted by atomic mass is 9.86. The number of rotatable bonds is 3. The van der Waals surface area contributed by atoms with E-state index in [-0.39, 0.29) is 10.2 Å². The zero-order chi connectivity index (χ0) is 20.5. The van der Waals surface area contributed by atoms with Crippen LogP contribution in [0.15, 0.2) is 35.6 Å². The Morgan fingerprint density at radius 1 is 1.24 bits per heavy atom. The number of imidazole rings is 1. The van der Waals surface area contributed by atoms with Gasteiger partial charge in [-0.05, 0) is 56.6 Å². The summed E-state index contributed by atoms with van der Waals surface area (Å²) in [5.74, 6) is 0. The first-order valence-corrected chi connectivity index (χ1v) is 12.2. The van der Waals surface area contributed by atoms with Gasteiger partial charge in [0.25, 0.3) is 10.0 Å². The van der Waals surface area contributed by atoms with Crippen molar-refractivity contribution in [1.82, 2.24) is 18.3 Å². The molecule has 0 aliphatic heterocycles. The van der Waals surface area contributed by atoms with Crippen molar-refractivity contribution in [2.24, 2.45) is 0 Å². The van der Waals surface area contributed by atoms with E-state index in [2.05, 4.69) is 24.0 Å². The van der Waals surface area contributed by atoms with Crippen LogP contribution in [0.3, 0.4) is 0 Å². The van der Waals surface area contributed by atoms with Crippen LogP contribution in [0.2, 0.25) is 9.49 Å². The second-order valence-electron chi connectivity index (χ2n) is 7.51. The van der Waals surface area contributed by atoms with Gasteiger partial charge in [-0.3, -0.25) is 4.40 Å². The second-order valence-corrected chi connectivity index (χ2v) is 11.2. The molecule has 1 unspecified atom stereocenters. The van der Waals surface area contributed by atoms with Crippen LogP contribution in [0, 0.1) is 0 Å². The van der Waals surface area contributed by atoms with Gasteiger partial charge in [-0.2, -0.15) is 8.42 Å². The molecule has 0 fully saturated rings. The number of fused-ring (bicyclic) bond motifs is 4. The van der Waals surface area contributed by atoms with Gasteiger partial charge in [-0.25, -0.2) is 8.96 Å². The summed E-state index contributed by atoms with van der Waals surface area (Å²) >= 11 is 13.4. The molecular weight excluding hydrogens is 451 g/mol. The van der Waals surface area contributed by atoms with Crippen molar-refractivity contribution in [2.45, 2.75) is 30.3 Å². The molecule has 6 nitrogen and oxygen atoms in total. The van der Waals surface area contributed by atoms with E-state index in [0.717, 1.165) is 24.6 Å². The third kappa shape index (κ3) is 2.92. The fourth-order valence-corrected chi connectivity index (χ4v) is 7.24. The van der Waals surface area contributed by atoms with Crippen LogP contribution in [0.1, 0.15) is 17.5 Å². The maximum absolute atomic E-state index is 13.5. The van der Waals surface area contributed by atoms with E-state index < -0.39 is 10.0 Å². The van der Waals surface area contributed by atoms with Crippen molar-refractivity contribution in [2.75, 3.05) is 14.1 Å². The Hall–Kier alpha value is -1.58. The molecule has 4 aromatic rings. The second kappa shape index (κ2) is 6.72. The first-order valence-electron chi connectivity index (χ1n) is 9.14.